The molecule has 5 nitrogen and oxygen atoms in total. The van der Waals surface area contributed by atoms with E-state index in [-0.39, 0.29) is 16.1 Å². The Labute approximate surface area is 200 Å². The Bertz CT molecular complexity index is 1160. The zero-order chi connectivity index (χ0) is 22.7. The molecule has 0 aliphatic rings. The number of nitrogens with one attached hydrogen (secondary N) is 1. The third-order valence-corrected chi connectivity index (χ3v) is 6.40. The van der Waals surface area contributed by atoms with Crippen molar-refractivity contribution in [3.05, 3.63) is 78.9 Å². The van der Waals surface area contributed by atoms with Crippen LogP contribution in [0.1, 0.15) is 21.5 Å². The minimum Gasteiger partial charge on any atom is -0.497 e. The number of methoxy groups -OCH3 is 2. The Balaban J connectivity index is 1.92. The summed E-state index contributed by atoms with van der Waals surface area (Å²) in [5.41, 5.74) is 8.38. The fraction of sp³-hybridized carbons (Fsp3) is 0.136. The smallest absolute Gasteiger partial charge is 0.196 e. The molecule has 0 atom stereocenters. The van der Waals surface area contributed by atoms with Crippen molar-refractivity contribution in [2.24, 2.45) is 0 Å². The summed E-state index contributed by atoms with van der Waals surface area (Å²) in [6.07, 6.45) is 0. The highest BCUT2D eigenvalue weighted by Gasteiger charge is 2.23. The van der Waals surface area contributed by atoms with Crippen LogP contribution in [-0.4, -0.2) is 20.0 Å². The van der Waals surface area contributed by atoms with Crippen LogP contribution in [0.25, 0.3) is 0 Å². The summed E-state index contributed by atoms with van der Waals surface area (Å²) in [4.78, 5) is 13.0. The topological polar surface area (TPSA) is 73.6 Å². The largest absolute Gasteiger partial charge is 0.497 e. The second-order valence-corrected chi connectivity index (χ2v) is 8.55. The average Bonchev–Trinajstić information content (AvgIpc) is 2.76. The molecule has 0 unspecified atom stereocenters. The first-order chi connectivity index (χ1) is 14.8. The van der Waals surface area contributed by atoms with E-state index < -0.39 is 11.6 Å². The van der Waals surface area contributed by atoms with E-state index in [2.05, 4.69) is 37.2 Å². The highest BCUT2D eigenvalue weighted by molar-refractivity contribution is 9.11. The number of rotatable bonds is 7. The highest BCUT2D eigenvalue weighted by atomic mass is 79.9. The molecule has 0 radical (unpaired) electrons. The third kappa shape index (κ3) is 4.97. The van der Waals surface area contributed by atoms with E-state index in [1.54, 1.807) is 26.4 Å². The maximum Gasteiger partial charge on any atom is 0.196 e. The predicted octanol–water partition coefficient (Wildman–Crippen LogP) is 6.45. The van der Waals surface area contributed by atoms with Gasteiger partial charge < -0.3 is 20.5 Å². The molecule has 0 aliphatic carbocycles. The van der Waals surface area contributed by atoms with Gasteiger partial charge in [-0.1, -0.05) is 11.6 Å². The number of anilines is 2. The van der Waals surface area contributed by atoms with Crippen molar-refractivity contribution < 1.29 is 18.7 Å². The molecule has 0 fully saturated rings. The number of benzene rings is 3. The van der Waals surface area contributed by atoms with Crippen molar-refractivity contribution in [3.8, 4) is 11.5 Å². The van der Waals surface area contributed by atoms with E-state index in [1.807, 2.05) is 12.1 Å². The normalized spacial score (nSPS) is 10.6. The Hall–Kier alpha value is -2.29. The number of carbonyl (C=O) groups excluding carboxylic acids is 1. The quantitative estimate of drug-likeness (QED) is 0.252. The summed E-state index contributed by atoms with van der Waals surface area (Å²) in [5.74, 6) is 0.332. The number of ketones is 1. The van der Waals surface area contributed by atoms with Crippen molar-refractivity contribution in [2.75, 3.05) is 25.3 Å². The van der Waals surface area contributed by atoms with Gasteiger partial charge in [-0.2, -0.15) is 0 Å². The standard InChI is InChI=1S/C22H18Br2ClFN2O3/c1-30-13-5-3-11(18(8-13)31-2)10-28-17-9-15(23)19(20(24)21(17)27)22(29)14-7-12(26)4-6-16(14)25/h3-9,28H,10,27H2,1-2H3. The van der Waals surface area contributed by atoms with E-state index in [4.69, 9.17) is 26.8 Å². The van der Waals surface area contributed by atoms with Gasteiger partial charge in [-0.05, 0) is 68.3 Å². The zero-order valence-electron chi connectivity index (χ0n) is 16.6. The maximum atomic E-state index is 13.7. The number of hydrogen-bond acceptors (Lipinski definition) is 5. The number of hydrogen-bond donors (Lipinski definition) is 2. The summed E-state index contributed by atoms with van der Waals surface area (Å²) in [7, 11) is 3.17. The Kier molecular flexibility index (Phi) is 7.46. The van der Waals surface area contributed by atoms with E-state index in [0.29, 0.717) is 38.4 Å². The van der Waals surface area contributed by atoms with Crippen LogP contribution < -0.4 is 20.5 Å². The molecule has 9 heteroatoms. The molecule has 0 aliphatic heterocycles. The van der Waals surface area contributed by atoms with Gasteiger partial charge in [0.15, 0.2) is 5.78 Å². The van der Waals surface area contributed by atoms with Crippen molar-refractivity contribution in [2.45, 2.75) is 6.54 Å². The average molecular weight is 573 g/mol. The third-order valence-electron chi connectivity index (χ3n) is 4.62. The van der Waals surface area contributed by atoms with Crippen LogP contribution in [0.2, 0.25) is 5.02 Å². The van der Waals surface area contributed by atoms with E-state index >= 15 is 0 Å². The maximum absolute atomic E-state index is 13.7. The van der Waals surface area contributed by atoms with Crippen molar-refractivity contribution >= 4 is 60.6 Å². The van der Waals surface area contributed by atoms with Gasteiger partial charge in [0.25, 0.3) is 0 Å². The molecule has 3 rings (SSSR count). The lowest BCUT2D eigenvalue weighted by atomic mass is 10.0. The fourth-order valence-electron chi connectivity index (χ4n) is 2.98. The van der Waals surface area contributed by atoms with Crippen LogP contribution in [0.5, 0.6) is 11.5 Å². The van der Waals surface area contributed by atoms with Gasteiger partial charge in [0, 0.05) is 28.2 Å². The molecule has 3 N–H and O–H groups in total. The van der Waals surface area contributed by atoms with Crippen molar-refractivity contribution in [1.82, 2.24) is 0 Å². The first-order valence-corrected chi connectivity index (χ1v) is 10.9. The Morgan fingerprint density at radius 3 is 2.55 bits per heavy atom. The lowest BCUT2D eigenvalue weighted by Crippen LogP contribution is -2.10. The van der Waals surface area contributed by atoms with Crippen LogP contribution in [0.4, 0.5) is 15.8 Å². The summed E-state index contributed by atoms with van der Waals surface area (Å²) in [5, 5.41) is 3.40. The molecular formula is C22H18Br2ClFN2O3. The number of carbonyl (C=O) groups is 1. The van der Waals surface area contributed by atoms with Crippen LogP contribution in [0, 0.1) is 5.82 Å². The molecule has 3 aromatic rings. The molecule has 162 valence electrons. The predicted molar refractivity (Wildman–Crippen MR) is 128 cm³/mol. The van der Waals surface area contributed by atoms with Crippen molar-refractivity contribution in [1.29, 1.82) is 0 Å². The van der Waals surface area contributed by atoms with Gasteiger partial charge in [-0.15, -0.1) is 0 Å². The summed E-state index contributed by atoms with van der Waals surface area (Å²) < 4.78 is 25.1. The van der Waals surface area contributed by atoms with Crippen LogP contribution in [0.15, 0.2) is 51.4 Å². The number of ether oxygens (including phenoxy) is 2. The van der Waals surface area contributed by atoms with E-state index in [0.717, 1.165) is 11.6 Å². The van der Waals surface area contributed by atoms with Gasteiger partial charge in [0.2, 0.25) is 0 Å². The molecule has 0 saturated heterocycles. The molecule has 3 aromatic carbocycles. The van der Waals surface area contributed by atoms with Crippen molar-refractivity contribution in [3.63, 3.8) is 0 Å². The minimum absolute atomic E-state index is 0.0474. The lowest BCUT2D eigenvalue weighted by molar-refractivity contribution is 0.103. The molecule has 0 aromatic heterocycles. The lowest BCUT2D eigenvalue weighted by Gasteiger charge is -2.17. The molecule has 0 saturated carbocycles. The molecule has 0 spiro atoms. The van der Waals surface area contributed by atoms with Gasteiger partial charge in [0.05, 0.1) is 40.7 Å². The Morgan fingerprint density at radius 2 is 1.87 bits per heavy atom. The molecule has 0 amide bonds. The Morgan fingerprint density at radius 1 is 1.13 bits per heavy atom. The summed E-state index contributed by atoms with van der Waals surface area (Å²) >= 11 is 12.9. The van der Waals surface area contributed by atoms with E-state index in [9.17, 15) is 9.18 Å². The molecule has 0 heterocycles. The number of nitrogen functional groups attached to an aromatic ring is 1. The fourth-order valence-corrected chi connectivity index (χ4v) is 4.67. The monoisotopic (exact) mass is 570 g/mol. The summed E-state index contributed by atoms with van der Waals surface area (Å²) in [6.45, 7) is 0.416. The van der Waals surface area contributed by atoms with Crippen LogP contribution >= 0.6 is 43.5 Å². The molecular weight excluding hydrogens is 555 g/mol. The van der Waals surface area contributed by atoms with E-state index in [1.165, 1.54) is 12.1 Å². The molecule has 31 heavy (non-hydrogen) atoms. The van der Waals surface area contributed by atoms with Gasteiger partial charge >= 0.3 is 0 Å². The van der Waals surface area contributed by atoms with Crippen LogP contribution in [0.3, 0.4) is 0 Å². The second kappa shape index (κ2) is 9.89. The SMILES string of the molecule is COc1ccc(CNc2cc(Br)c(C(=O)c3cc(F)ccc3Cl)c(Br)c2N)c(OC)c1. The van der Waals surface area contributed by atoms with Gasteiger partial charge in [-0.3, -0.25) is 4.79 Å². The zero-order valence-corrected chi connectivity index (χ0v) is 20.5. The van der Waals surface area contributed by atoms with Gasteiger partial charge in [-0.25, -0.2) is 4.39 Å². The first kappa shape index (κ1) is 23.4. The summed E-state index contributed by atoms with van der Waals surface area (Å²) in [6, 6.07) is 10.8. The minimum atomic E-state index is -0.556. The van der Waals surface area contributed by atoms with Gasteiger partial charge in [0.1, 0.15) is 17.3 Å². The van der Waals surface area contributed by atoms with Crippen LogP contribution in [-0.2, 0) is 6.54 Å². The number of nitrogens with two attached hydrogens (primary N) is 1. The number of halogens is 4. The second-order valence-electron chi connectivity index (χ2n) is 6.49. The first-order valence-electron chi connectivity index (χ1n) is 8.98. The highest BCUT2D eigenvalue weighted by Crippen LogP contribution is 2.39. The molecule has 0 bridgehead atoms.